The molecule has 3 heterocycles. The van der Waals surface area contributed by atoms with Crippen LogP contribution >= 0.6 is 11.6 Å². The number of halogens is 1. The van der Waals surface area contributed by atoms with Gasteiger partial charge in [0.1, 0.15) is 5.52 Å². The fourth-order valence-electron chi connectivity index (χ4n) is 4.99. The molecule has 1 saturated heterocycles. The van der Waals surface area contributed by atoms with E-state index in [2.05, 4.69) is 27.1 Å². The van der Waals surface area contributed by atoms with E-state index in [0.717, 1.165) is 67.9 Å². The van der Waals surface area contributed by atoms with E-state index in [1.165, 1.54) is 0 Å². The molecule has 33 heavy (non-hydrogen) atoms. The maximum atomic E-state index is 9.58. The van der Waals surface area contributed by atoms with Crippen molar-refractivity contribution in [2.45, 2.75) is 63.6 Å². The molecule has 5 rings (SSSR count). The molecule has 1 aliphatic heterocycles. The van der Waals surface area contributed by atoms with Gasteiger partial charge >= 0.3 is 0 Å². The molecule has 9 heteroatoms. The van der Waals surface area contributed by atoms with Crippen LogP contribution in [0.1, 0.15) is 51.5 Å². The van der Waals surface area contributed by atoms with Crippen molar-refractivity contribution >= 4 is 40.3 Å². The molecule has 0 spiro atoms. The Labute approximate surface area is 198 Å². The highest BCUT2D eigenvalue weighted by Crippen LogP contribution is 2.37. The van der Waals surface area contributed by atoms with Crippen molar-refractivity contribution in [2.24, 2.45) is 5.92 Å². The van der Waals surface area contributed by atoms with Gasteiger partial charge in [-0.25, -0.2) is 9.97 Å². The lowest BCUT2D eigenvalue weighted by atomic mass is 9.86. The number of nitrogens with one attached hydrogen (secondary N) is 2. The van der Waals surface area contributed by atoms with E-state index in [1.54, 1.807) is 6.20 Å². The van der Waals surface area contributed by atoms with E-state index >= 15 is 0 Å². The molecule has 0 radical (unpaired) electrons. The van der Waals surface area contributed by atoms with Gasteiger partial charge in [-0.15, -0.1) is 0 Å². The van der Waals surface area contributed by atoms with E-state index in [4.69, 9.17) is 26.3 Å². The number of rotatable bonds is 6. The summed E-state index contributed by atoms with van der Waals surface area (Å²) < 4.78 is 7.88. The Balaban J connectivity index is 1.48. The first kappa shape index (κ1) is 22.4. The second-order valence-electron chi connectivity index (χ2n) is 9.25. The monoisotopic (exact) mass is 470 g/mol. The molecule has 2 aromatic heterocycles. The van der Waals surface area contributed by atoms with Gasteiger partial charge < -0.3 is 20.5 Å². The number of imidazole rings is 1. The first-order chi connectivity index (χ1) is 16.1. The molecule has 176 valence electrons. The summed E-state index contributed by atoms with van der Waals surface area (Å²) in [6, 6.07) is 8.19. The van der Waals surface area contributed by atoms with Crippen LogP contribution in [0.25, 0.3) is 11.2 Å². The quantitative estimate of drug-likeness (QED) is 0.470. The maximum absolute atomic E-state index is 9.58. The standard InChI is InChI=1S/C24H31ClN6O2/c1-15-11-19(9-10-33-15)27-23-26-13-21-22(30-23)31(20-7-5-16(14-32)6-8-20)24(29-21)28-18-4-2-3-17(25)12-18/h2-4,12-13,15-16,19-20,32H,5-11,14H2,1H3,(H,28,29)(H,26,27,30)/t15-,16?,19-,20?/m0/s1. The van der Waals surface area contributed by atoms with Crippen LogP contribution in [-0.2, 0) is 4.74 Å². The second kappa shape index (κ2) is 9.83. The molecule has 0 bridgehead atoms. The summed E-state index contributed by atoms with van der Waals surface area (Å²) in [5, 5.41) is 17.2. The first-order valence-electron chi connectivity index (χ1n) is 11.9. The Bertz CT molecular complexity index is 1100. The van der Waals surface area contributed by atoms with Crippen LogP contribution in [0.2, 0.25) is 5.02 Å². The van der Waals surface area contributed by atoms with Gasteiger partial charge in [-0.2, -0.15) is 4.98 Å². The number of hydrogen-bond acceptors (Lipinski definition) is 7. The second-order valence-corrected chi connectivity index (χ2v) is 9.68. The van der Waals surface area contributed by atoms with Gasteiger partial charge in [0.25, 0.3) is 0 Å². The van der Waals surface area contributed by atoms with Gasteiger partial charge in [0.05, 0.1) is 12.3 Å². The van der Waals surface area contributed by atoms with E-state index in [1.807, 2.05) is 24.3 Å². The number of benzene rings is 1. The van der Waals surface area contributed by atoms with Crippen molar-refractivity contribution in [3.05, 3.63) is 35.5 Å². The van der Waals surface area contributed by atoms with Gasteiger partial charge in [0.2, 0.25) is 11.9 Å². The third-order valence-corrected chi connectivity index (χ3v) is 7.01. The van der Waals surface area contributed by atoms with Crippen molar-refractivity contribution in [3.8, 4) is 0 Å². The lowest BCUT2D eigenvalue weighted by molar-refractivity contribution is 0.0231. The zero-order valence-electron chi connectivity index (χ0n) is 18.9. The average molecular weight is 471 g/mol. The van der Waals surface area contributed by atoms with Crippen molar-refractivity contribution in [2.75, 3.05) is 23.8 Å². The van der Waals surface area contributed by atoms with E-state index in [0.29, 0.717) is 22.9 Å². The Morgan fingerprint density at radius 3 is 2.79 bits per heavy atom. The summed E-state index contributed by atoms with van der Waals surface area (Å²) in [6.07, 6.45) is 7.86. The number of hydrogen-bond donors (Lipinski definition) is 3. The molecule has 2 aliphatic rings. The lowest BCUT2D eigenvalue weighted by Crippen LogP contribution is -2.33. The van der Waals surface area contributed by atoms with Gasteiger partial charge in [-0.1, -0.05) is 17.7 Å². The van der Waals surface area contributed by atoms with Crippen molar-refractivity contribution in [1.82, 2.24) is 19.5 Å². The van der Waals surface area contributed by atoms with Crippen LogP contribution in [0.4, 0.5) is 17.6 Å². The molecule has 1 aromatic carbocycles. The van der Waals surface area contributed by atoms with Crippen LogP contribution < -0.4 is 10.6 Å². The summed E-state index contributed by atoms with van der Waals surface area (Å²) in [5.41, 5.74) is 2.46. The summed E-state index contributed by atoms with van der Waals surface area (Å²) >= 11 is 6.20. The molecule has 2 atom stereocenters. The minimum Gasteiger partial charge on any atom is -0.396 e. The fraction of sp³-hybridized carbons (Fsp3) is 0.542. The van der Waals surface area contributed by atoms with E-state index < -0.39 is 0 Å². The molecule has 0 unspecified atom stereocenters. The largest absolute Gasteiger partial charge is 0.396 e. The summed E-state index contributed by atoms with van der Waals surface area (Å²) in [4.78, 5) is 14.3. The van der Waals surface area contributed by atoms with Crippen molar-refractivity contribution in [1.29, 1.82) is 0 Å². The molecule has 2 fully saturated rings. The Kier molecular flexibility index (Phi) is 6.66. The Hall–Kier alpha value is -2.42. The predicted octanol–water partition coefficient (Wildman–Crippen LogP) is 4.93. The molecule has 8 nitrogen and oxygen atoms in total. The number of aliphatic hydroxyl groups is 1. The molecular formula is C24H31ClN6O2. The number of aliphatic hydroxyl groups excluding tert-OH is 1. The molecule has 1 aliphatic carbocycles. The van der Waals surface area contributed by atoms with Crippen LogP contribution in [-0.4, -0.2) is 50.0 Å². The first-order valence-corrected chi connectivity index (χ1v) is 12.2. The zero-order chi connectivity index (χ0) is 22.8. The SMILES string of the molecule is C[C@H]1C[C@@H](Nc2ncc3nc(Nc4cccc(Cl)c4)n(C4CCC(CO)CC4)c3n2)CCO1. The van der Waals surface area contributed by atoms with Crippen molar-refractivity contribution < 1.29 is 9.84 Å². The summed E-state index contributed by atoms with van der Waals surface area (Å²) in [5.74, 6) is 1.75. The average Bonchev–Trinajstić information content (AvgIpc) is 3.16. The highest BCUT2D eigenvalue weighted by atomic mass is 35.5. The fourth-order valence-corrected chi connectivity index (χ4v) is 5.18. The van der Waals surface area contributed by atoms with Crippen LogP contribution in [0.5, 0.6) is 0 Å². The number of nitrogens with zero attached hydrogens (tertiary/aromatic N) is 4. The van der Waals surface area contributed by atoms with Gasteiger partial charge in [-0.3, -0.25) is 4.57 Å². The minimum absolute atomic E-state index is 0.237. The van der Waals surface area contributed by atoms with Gasteiger partial charge in [0, 0.05) is 36.0 Å². The van der Waals surface area contributed by atoms with E-state index in [-0.39, 0.29) is 18.8 Å². The van der Waals surface area contributed by atoms with Gasteiger partial charge in [0.15, 0.2) is 5.65 Å². The minimum atomic E-state index is 0.237. The zero-order valence-corrected chi connectivity index (χ0v) is 19.6. The predicted molar refractivity (Wildman–Crippen MR) is 130 cm³/mol. The topological polar surface area (TPSA) is 97.1 Å². The molecule has 3 aromatic rings. The third kappa shape index (κ3) is 5.08. The van der Waals surface area contributed by atoms with Crippen LogP contribution in [0.15, 0.2) is 30.5 Å². The highest BCUT2D eigenvalue weighted by molar-refractivity contribution is 6.30. The van der Waals surface area contributed by atoms with Crippen LogP contribution in [0, 0.1) is 5.92 Å². The highest BCUT2D eigenvalue weighted by Gasteiger charge is 2.27. The smallest absolute Gasteiger partial charge is 0.224 e. The molecule has 0 amide bonds. The summed E-state index contributed by atoms with van der Waals surface area (Å²) in [7, 11) is 0. The summed E-state index contributed by atoms with van der Waals surface area (Å²) in [6.45, 7) is 3.11. The third-order valence-electron chi connectivity index (χ3n) is 6.77. The molecule has 3 N–H and O–H groups in total. The lowest BCUT2D eigenvalue weighted by Gasteiger charge is -2.30. The maximum Gasteiger partial charge on any atom is 0.224 e. The molecular weight excluding hydrogens is 440 g/mol. The normalized spacial score (nSPS) is 25.8. The number of anilines is 3. The molecule has 1 saturated carbocycles. The number of ether oxygens (including phenoxy) is 1. The Morgan fingerprint density at radius 1 is 1.18 bits per heavy atom. The van der Waals surface area contributed by atoms with E-state index in [9.17, 15) is 5.11 Å². The number of aromatic nitrogens is 4. The van der Waals surface area contributed by atoms with Crippen molar-refractivity contribution in [3.63, 3.8) is 0 Å². The Morgan fingerprint density at radius 2 is 2.03 bits per heavy atom. The number of fused-ring (bicyclic) bond motifs is 1. The van der Waals surface area contributed by atoms with Crippen LogP contribution in [0.3, 0.4) is 0 Å². The van der Waals surface area contributed by atoms with Gasteiger partial charge in [-0.05, 0) is 69.6 Å².